The van der Waals surface area contributed by atoms with Crippen LogP contribution < -0.4 is 14.5 Å². The molecule has 3 atom stereocenters. The van der Waals surface area contributed by atoms with Gasteiger partial charge in [0.1, 0.15) is 12.0 Å². The molecule has 2 saturated heterocycles. The summed E-state index contributed by atoms with van der Waals surface area (Å²) in [7, 11) is 2.80. The van der Waals surface area contributed by atoms with Gasteiger partial charge in [0.25, 0.3) is 11.6 Å². The Morgan fingerprint density at radius 2 is 1.53 bits per heavy atom. The smallest absolute Gasteiger partial charge is 0.278 e. The topological polar surface area (TPSA) is 111 Å². The predicted octanol–water partition coefficient (Wildman–Crippen LogP) is 3.66. The van der Waals surface area contributed by atoms with E-state index in [0.717, 1.165) is 10.5 Å². The van der Waals surface area contributed by atoms with E-state index in [-0.39, 0.29) is 29.3 Å². The zero-order valence-electron chi connectivity index (χ0n) is 19.6. The molecular weight excluding hydrogens is 466 g/mol. The molecule has 5 rings (SSSR count). The number of nitro groups is 1. The Bertz CT molecular complexity index is 1320. The van der Waals surface area contributed by atoms with E-state index in [1.807, 2.05) is 36.4 Å². The van der Waals surface area contributed by atoms with Crippen LogP contribution in [0.5, 0.6) is 11.5 Å². The highest BCUT2D eigenvalue weighted by molar-refractivity contribution is 6.07. The van der Waals surface area contributed by atoms with Gasteiger partial charge in [-0.3, -0.25) is 29.4 Å². The lowest BCUT2D eigenvalue weighted by Gasteiger charge is -2.29. The van der Waals surface area contributed by atoms with E-state index in [1.165, 1.54) is 31.4 Å². The number of fused-ring (bicyclic) bond motifs is 1. The van der Waals surface area contributed by atoms with Gasteiger partial charge in [0.05, 0.1) is 43.0 Å². The first-order valence-corrected chi connectivity index (χ1v) is 11.2. The van der Waals surface area contributed by atoms with Gasteiger partial charge in [-0.15, -0.1) is 0 Å². The van der Waals surface area contributed by atoms with Gasteiger partial charge in [-0.2, -0.15) is 0 Å². The number of nitrogens with zero attached hydrogens (tertiary/aromatic N) is 3. The molecule has 2 aliphatic rings. The van der Waals surface area contributed by atoms with E-state index in [2.05, 4.69) is 0 Å². The van der Waals surface area contributed by atoms with Crippen LogP contribution in [-0.4, -0.2) is 42.0 Å². The minimum Gasteiger partial charge on any atom is -0.493 e. The summed E-state index contributed by atoms with van der Waals surface area (Å²) in [6.07, 6.45) is -1.13. The van der Waals surface area contributed by atoms with E-state index in [1.54, 1.807) is 24.3 Å². The number of methoxy groups -OCH3 is 2. The number of carbonyl (C=O) groups is 2. The number of carbonyl (C=O) groups excluding carboxylic acids is 2. The lowest BCUT2D eigenvalue weighted by Crippen LogP contribution is -2.37. The zero-order valence-corrected chi connectivity index (χ0v) is 19.6. The summed E-state index contributed by atoms with van der Waals surface area (Å²) in [4.78, 5) is 45.9. The van der Waals surface area contributed by atoms with Crippen molar-refractivity contribution in [1.82, 2.24) is 4.90 Å². The molecule has 0 radical (unpaired) electrons. The van der Waals surface area contributed by atoms with Crippen molar-refractivity contribution in [3.63, 3.8) is 0 Å². The molecule has 0 unspecified atom stereocenters. The fourth-order valence-corrected chi connectivity index (χ4v) is 4.79. The second kappa shape index (κ2) is 9.31. The number of para-hydroxylation sites is 1. The Morgan fingerprint density at radius 3 is 2.14 bits per heavy atom. The van der Waals surface area contributed by atoms with E-state index < -0.39 is 34.8 Å². The molecule has 3 aromatic carbocycles. The maximum Gasteiger partial charge on any atom is 0.278 e. The number of hydrogen-bond donors (Lipinski definition) is 0. The third-order valence-electron chi connectivity index (χ3n) is 6.45. The average molecular weight is 489 g/mol. The third kappa shape index (κ3) is 3.81. The highest BCUT2D eigenvalue weighted by Gasteiger charge is 2.61. The highest BCUT2D eigenvalue weighted by Crippen LogP contribution is 2.50. The lowest BCUT2D eigenvalue weighted by atomic mass is 9.89. The number of likely N-dealkylation sites (tertiary alicyclic amines) is 1. The third-order valence-corrected chi connectivity index (χ3v) is 6.45. The molecule has 0 aliphatic carbocycles. The number of rotatable bonds is 7. The summed E-state index contributed by atoms with van der Waals surface area (Å²) in [5.74, 6) is -1.51. The number of nitro benzene ring substituents is 1. The number of hydroxylamine groups is 1. The monoisotopic (exact) mass is 489 g/mol. The van der Waals surface area contributed by atoms with Crippen LogP contribution in [0.4, 0.5) is 11.4 Å². The van der Waals surface area contributed by atoms with E-state index >= 15 is 0 Å². The van der Waals surface area contributed by atoms with Crippen LogP contribution in [0.25, 0.3) is 0 Å². The number of benzene rings is 3. The minimum absolute atomic E-state index is 0.0843. The fraction of sp³-hybridized carbons (Fsp3) is 0.231. The van der Waals surface area contributed by atoms with Crippen molar-refractivity contribution < 1.29 is 28.8 Å². The molecule has 0 bridgehead atoms. The molecule has 2 heterocycles. The minimum atomic E-state index is -1.13. The van der Waals surface area contributed by atoms with Crippen LogP contribution in [0.15, 0.2) is 72.8 Å². The lowest BCUT2D eigenvalue weighted by molar-refractivity contribution is -0.385. The first-order valence-electron chi connectivity index (χ1n) is 11.2. The van der Waals surface area contributed by atoms with Crippen molar-refractivity contribution in [1.29, 1.82) is 0 Å². The number of amides is 2. The van der Waals surface area contributed by atoms with Crippen LogP contribution in [0, 0.1) is 16.0 Å². The summed E-state index contributed by atoms with van der Waals surface area (Å²) in [6.45, 7) is 0.0843. The van der Waals surface area contributed by atoms with Crippen molar-refractivity contribution in [3.8, 4) is 11.5 Å². The molecule has 36 heavy (non-hydrogen) atoms. The first-order chi connectivity index (χ1) is 17.4. The van der Waals surface area contributed by atoms with Crippen molar-refractivity contribution in [2.24, 2.45) is 5.92 Å². The number of ether oxygens (including phenoxy) is 2. The number of hydrogen-bond acceptors (Lipinski definition) is 8. The maximum absolute atomic E-state index is 13.7. The van der Waals surface area contributed by atoms with Crippen molar-refractivity contribution >= 4 is 23.2 Å². The first kappa shape index (κ1) is 23.3. The van der Waals surface area contributed by atoms with Gasteiger partial charge in [0.15, 0.2) is 17.6 Å². The van der Waals surface area contributed by atoms with Crippen molar-refractivity contribution in [2.45, 2.75) is 18.7 Å². The van der Waals surface area contributed by atoms with Crippen LogP contribution in [0.3, 0.4) is 0 Å². The normalized spacial score (nSPS) is 21.0. The second-order valence-electron chi connectivity index (χ2n) is 8.43. The summed E-state index contributed by atoms with van der Waals surface area (Å²) in [5, 5.41) is 13.5. The van der Waals surface area contributed by atoms with Gasteiger partial charge in [0, 0.05) is 0 Å². The number of anilines is 1. The van der Waals surface area contributed by atoms with Gasteiger partial charge in [-0.05, 0) is 23.8 Å². The van der Waals surface area contributed by atoms with Crippen LogP contribution in [0.2, 0.25) is 0 Å². The van der Waals surface area contributed by atoms with Gasteiger partial charge in [0.2, 0.25) is 5.91 Å². The Hall–Kier alpha value is -4.44. The molecule has 2 amide bonds. The maximum atomic E-state index is 13.7. The molecule has 0 spiro atoms. The molecule has 10 heteroatoms. The standard InChI is InChI=1S/C26H23N3O7/c1-34-20-13-18(19(29(32)33)14-21(20)35-2)23-22-24(36-28(23)17-11-7-4-8-12-17)26(31)27(25(22)30)15-16-9-5-3-6-10-16/h3-14,22-24H,15H2,1-2H3/t22-,23+,24-/m0/s1. The highest BCUT2D eigenvalue weighted by atomic mass is 16.7. The molecule has 3 aromatic rings. The largest absolute Gasteiger partial charge is 0.493 e. The van der Waals surface area contributed by atoms with Crippen LogP contribution >= 0.6 is 0 Å². The molecule has 0 aromatic heterocycles. The van der Waals surface area contributed by atoms with Crippen molar-refractivity contribution in [2.75, 3.05) is 19.3 Å². The molecular formula is C26H23N3O7. The van der Waals surface area contributed by atoms with Gasteiger partial charge < -0.3 is 9.47 Å². The number of imide groups is 1. The Balaban J connectivity index is 1.63. The SMILES string of the molecule is COc1cc([C@@H]2[C@@H]3C(=O)N(Cc4ccccc4)C(=O)[C@H]3ON2c2ccccc2)c([N+](=O)[O-])cc1OC. The molecule has 0 N–H and O–H groups in total. The van der Waals surface area contributed by atoms with Crippen molar-refractivity contribution in [3.05, 3.63) is 94.0 Å². The summed E-state index contributed by atoms with van der Waals surface area (Å²) in [6, 6.07) is 19.8. The van der Waals surface area contributed by atoms with Crippen LogP contribution in [0.1, 0.15) is 17.2 Å². The summed E-state index contributed by atoms with van der Waals surface area (Å²) in [5.41, 5.74) is 1.24. The second-order valence-corrected chi connectivity index (χ2v) is 8.43. The Kier molecular flexibility index (Phi) is 6.03. The van der Waals surface area contributed by atoms with Crippen LogP contribution in [-0.2, 0) is 21.0 Å². The molecule has 2 fully saturated rings. The molecule has 184 valence electrons. The molecule has 0 saturated carbocycles. The predicted molar refractivity (Wildman–Crippen MR) is 128 cm³/mol. The quantitative estimate of drug-likeness (QED) is 0.281. The van der Waals surface area contributed by atoms with E-state index in [9.17, 15) is 19.7 Å². The fourth-order valence-electron chi connectivity index (χ4n) is 4.79. The molecule has 10 nitrogen and oxygen atoms in total. The zero-order chi connectivity index (χ0) is 25.4. The summed E-state index contributed by atoms with van der Waals surface area (Å²) < 4.78 is 10.7. The average Bonchev–Trinajstić information content (AvgIpc) is 3.40. The van der Waals surface area contributed by atoms with E-state index in [4.69, 9.17) is 14.3 Å². The van der Waals surface area contributed by atoms with Gasteiger partial charge in [-0.1, -0.05) is 48.5 Å². The van der Waals surface area contributed by atoms with Gasteiger partial charge in [-0.25, -0.2) is 5.06 Å². The van der Waals surface area contributed by atoms with Gasteiger partial charge >= 0.3 is 0 Å². The Labute approximate surface area is 206 Å². The summed E-state index contributed by atoms with van der Waals surface area (Å²) >= 11 is 0. The van der Waals surface area contributed by atoms with E-state index in [0.29, 0.717) is 5.69 Å². The Morgan fingerprint density at radius 1 is 0.917 bits per heavy atom. The molecule has 2 aliphatic heterocycles.